The summed E-state index contributed by atoms with van der Waals surface area (Å²) in [4.78, 5) is 21.7. The second-order valence-corrected chi connectivity index (χ2v) is 6.85. The van der Waals surface area contributed by atoms with E-state index in [-0.39, 0.29) is 11.9 Å². The third kappa shape index (κ3) is 4.70. The molecule has 3 rings (SSSR count). The van der Waals surface area contributed by atoms with Crippen LogP contribution in [-0.2, 0) is 16.0 Å². The fourth-order valence-electron chi connectivity index (χ4n) is 3.78. The summed E-state index contributed by atoms with van der Waals surface area (Å²) in [5.41, 5.74) is 0.773. The van der Waals surface area contributed by atoms with Crippen molar-refractivity contribution in [3.05, 3.63) is 23.9 Å². The number of carbonyl (C=O) groups excluding carboxylic acids is 1. The van der Waals surface area contributed by atoms with E-state index >= 15 is 0 Å². The zero-order chi connectivity index (χ0) is 17.6. The van der Waals surface area contributed by atoms with E-state index in [9.17, 15) is 4.79 Å². The predicted molar refractivity (Wildman–Crippen MR) is 95.7 cm³/mol. The number of ether oxygens (including phenoxy) is 2. The molecule has 25 heavy (non-hydrogen) atoms. The van der Waals surface area contributed by atoms with Gasteiger partial charge < -0.3 is 14.4 Å². The lowest BCUT2D eigenvalue weighted by Gasteiger charge is -2.44. The highest BCUT2D eigenvalue weighted by atomic mass is 16.5. The van der Waals surface area contributed by atoms with Crippen molar-refractivity contribution in [2.24, 2.45) is 0 Å². The van der Waals surface area contributed by atoms with Crippen LogP contribution >= 0.6 is 0 Å². The summed E-state index contributed by atoms with van der Waals surface area (Å²) in [7, 11) is 0. The Morgan fingerprint density at radius 2 is 2.12 bits per heavy atom. The number of hydrogen-bond acceptors (Lipinski definition) is 5. The van der Waals surface area contributed by atoms with E-state index < -0.39 is 0 Å². The van der Waals surface area contributed by atoms with Crippen molar-refractivity contribution in [3.8, 4) is 5.88 Å². The van der Waals surface area contributed by atoms with Crippen LogP contribution < -0.4 is 4.74 Å². The lowest BCUT2D eigenvalue weighted by molar-refractivity contribution is -0.136. The maximum Gasteiger partial charge on any atom is 0.228 e. The molecule has 1 aromatic heterocycles. The molecule has 2 fully saturated rings. The molecule has 0 aliphatic carbocycles. The van der Waals surface area contributed by atoms with Gasteiger partial charge in [-0.2, -0.15) is 0 Å². The smallest absolute Gasteiger partial charge is 0.228 e. The normalized spacial score (nSPS) is 22.8. The molecule has 2 aliphatic heterocycles. The van der Waals surface area contributed by atoms with Gasteiger partial charge in [-0.25, -0.2) is 4.98 Å². The molecule has 0 saturated carbocycles. The van der Waals surface area contributed by atoms with Crippen molar-refractivity contribution < 1.29 is 14.3 Å². The van der Waals surface area contributed by atoms with Crippen LogP contribution in [0, 0.1) is 0 Å². The lowest BCUT2D eigenvalue weighted by atomic mass is 10.0. The highest BCUT2D eigenvalue weighted by molar-refractivity contribution is 5.78. The van der Waals surface area contributed by atoms with Crippen LogP contribution in [-0.4, -0.2) is 72.2 Å². The number of nitrogens with zero attached hydrogens (tertiary/aromatic N) is 3. The van der Waals surface area contributed by atoms with E-state index in [4.69, 9.17) is 9.47 Å². The molecule has 1 aromatic rings. The topological polar surface area (TPSA) is 54.9 Å². The minimum absolute atomic E-state index is 0.153. The van der Waals surface area contributed by atoms with E-state index in [0.29, 0.717) is 24.9 Å². The average molecular weight is 347 g/mol. The minimum Gasteiger partial charge on any atom is -0.478 e. The van der Waals surface area contributed by atoms with Gasteiger partial charge in [-0.3, -0.25) is 9.69 Å². The molecular formula is C19H29N3O3. The molecule has 0 aromatic carbocycles. The highest BCUT2D eigenvalue weighted by Crippen LogP contribution is 2.20. The SMILES string of the molecule is CCOc1cccc(CC(=O)N2CCN(C3CCOCC3)C[C@H]2C)n1. The van der Waals surface area contributed by atoms with Gasteiger partial charge in [0.25, 0.3) is 0 Å². The molecular weight excluding hydrogens is 318 g/mol. The first kappa shape index (κ1) is 18.1. The van der Waals surface area contributed by atoms with Crippen LogP contribution in [0.4, 0.5) is 0 Å². The summed E-state index contributed by atoms with van der Waals surface area (Å²) < 4.78 is 10.9. The number of amides is 1. The van der Waals surface area contributed by atoms with Crippen molar-refractivity contribution in [1.82, 2.24) is 14.8 Å². The first-order valence-corrected chi connectivity index (χ1v) is 9.37. The monoisotopic (exact) mass is 347 g/mol. The number of rotatable bonds is 5. The molecule has 0 N–H and O–H groups in total. The molecule has 0 unspecified atom stereocenters. The Labute approximate surface area is 150 Å². The second-order valence-electron chi connectivity index (χ2n) is 6.85. The molecule has 1 atom stereocenters. The Bertz CT molecular complexity index is 575. The Balaban J connectivity index is 1.55. The van der Waals surface area contributed by atoms with Crippen LogP contribution in [0.25, 0.3) is 0 Å². The van der Waals surface area contributed by atoms with Gasteiger partial charge in [0.15, 0.2) is 0 Å². The van der Waals surface area contributed by atoms with Crippen molar-refractivity contribution >= 4 is 5.91 Å². The third-order valence-corrected chi connectivity index (χ3v) is 5.09. The van der Waals surface area contributed by atoms with Crippen molar-refractivity contribution in [1.29, 1.82) is 0 Å². The Kier molecular flexibility index (Phi) is 6.26. The van der Waals surface area contributed by atoms with E-state index in [1.165, 1.54) is 0 Å². The van der Waals surface area contributed by atoms with E-state index in [2.05, 4.69) is 16.8 Å². The molecule has 0 bridgehead atoms. The quantitative estimate of drug-likeness (QED) is 0.812. The lowest BCUT2D eigenvalue weighted by Crippen LogP contribution is -2.57. The summed E-state index contributed by atoms with van der Waals surface area (Å²) >= 11 is 0. The van der Waals surface area contributed by atoms with Crippen molar-refractivity contribution in [3.63, 3.8) is 0 Å². The van der Waals surface area contributed by atoms with Gasteiger partial charge in [-0.1, -0.05) is 6.07 Å². The number of pyridine rings is 1. The van der Waals surface area contributed by atoms with Crippen LogP contribution in [0.1, 0.15) is 32.4 Å². The van der Waals surface area contributed by atoms with Crippen LogP contribution in [0.15, 0.2) is 18.2 Å². The van der Waals surface area contributed by atoms with Crippen LogP contribution in [0.5, 0.6) is 5.88 Å². The van der Waals surface area contributed by atoms with Gasteiger partial charge >= 0.3 is 0 Å². The van der Waals surface area contributed by atoms with Gasteiger partial charge in [-0.15, -0.1) is 0 Å². The summed E-state index contributed by atoms with van der Waals surface area (Å²) in [5, 5.41) is 0. The van der Waals surface area contributed by atoms with Gasteiger partial charge in [-0.05, 0) is 32.8 Å². The summed E-state index contributed by atoms with van der Waals surface area (Å²) in [6.45, 7) is 9.07. The van der Waals surface area contributed by atoms with Crippen LogP contribution in [0.3, 0.4) is 0 Å². The molecule has 138 valence electrons. The van der Waals surface area contributed by atoms with E-state index in [1.807, 2.05) is 30.0 Å². The third-order valence-electron chi connectivity index (χ3n) is 5.09. The largest absolute Gasteiger partial charge is 0.478 e. The fourth-order valence-corrected chi connectivity index (χ4v) is 3.78. The summed E-state index contributed by atoms with van der Waals surface area (Å²) in [5.74, 6) is 0.741. The maximum absolute atomic E-state index is 12.7. The summed E-state index contributed by atoms with van der Waals surface area (Å²) in [6.07, 6.45) is 2.55. The van der Waals surface area contributed by atoms with Crippen LogP contribution in [0.2, 0.25) is 0 Å². The predicted octanol–water partition coefficient (Wildman–Crippen LogP) is 1.73. The minimum atomic E-state index is 0.153. The molecule has 6 heteroatoms. The molecule has 2 saturated heterocycles. The van der Waals surface area contributed by atoms with Gasteiger partial charge in [0, 0.05) is 51.0 Å². The van der Waals surface area contributed by atoms with Gasteiger partial charge in [0.1, 0.15) is 0 Å². The molecule has 0 radical (unpaired) electrons. The van der Waals surface area contributed by atoms with Crippen molar-refractivity contribution in [2.45, 2.75) is 45.2 Å². The maximum atomic E-state index is 12.7. The molecule has 0 spiro atoms. The highest BCUT2D eigenvalue weighted by Gasteiger charge is 2.31. The standard InChI is InChI=1S/C19H29N3O3/c1-3-25-18-6-4-5-16(20-18)13-19(23)22-10-9-21(14-15(22)2)17-7-11-24-12-8-17/h4-6,15,17H,3,7-14H2,1-2H3/t15-/m1/s1. The van der Waals surface area contributed by atoms with E-state index in [0.717, 1.165) is 51.4 Å². The first-order valence-electron chi connectivity index (χ1n) is 9.37. The zero-order valence-corrected chi connectivity index (χ0v) is 15.3. The number of hydrogen-bond donors (Lipinski definition) is 0. The molecule has 3 heterocycles. The number of aromatic nitrogens is 1. The first-order chi connectivity index (χ1) is 12.2. The fraction of sp³-hybridized carbons (Fsp3) is 0.684. The van der Waals surface area contributed by atoms with Crippen molar-refractivity contribution in [2.75, 3.05) is 39.5 Å². The number of carbonyl (C=O) groups is 1. The Morgan fingerprint density at radius 3 is 2.84 bits per heavy atom. The number of piperazine rings is 1. The van der Waals surface area contributed by atoms with Gasteiger partial charge in [0.05, 0.1) is 18.7 Å². The average Bonchev–Trinajstić information content (AvgIpc) is 2.63. The Morgan fingerprint density at radius 1 is 1.32 bits per heavy atom. The zero-order valence-electron chi connectivity index (χ0n) is 15.3. The Hall–Kier alpha value is -1.66. The second kappa shape index (κ2) is 8.63. The molecule has 1 amide bonds. The van der Waals surface area contributed by atoms with E-state index in [1.54, 1.807) is 0 Å². The molecule has 6 nitrogen and oxygen atoms in total. The van der Waals surface area contributed by atoms with Gasteiger partial charge in [0.2, 0.25) is 11.8 Å². The summed E-state index contributed by atoms with van der Waals surface area (Å²) in [6, 6.07) is 6.46. The molecule has 2 aliphatic rings.